The van der Waals surface area contributed by atoms with Crippen LogP contribution in [0.15, 0.2) is 41.7 Å². The second-order valence-electron chi connectivity index (χ2n) is 3.26. The van der Waals surface area contributed by atoms with Crippen LogP contribution in [-0.2, 0) is 0 Å². The van der Waals surface area contributed by atoms with Gasteiger partial charge in [-0.05, 0) is 12.1 Å². The molecule has 0 saturated heterocycles. The normalized spacial score (nSPS) is 10.2. The summed E-state index contributed by atoms with van der Waals surface area (Å²) >= 11 is 0. The third-order valence-electron chi connectivity index (χ3n) is 2.19. The second-order valence-corrected chi connectivity index (χ2v) is 3.26. The van der Waals surface area contributed by atoms with E-state index in [2.05, 4.69) is 16.9 Å². The summed E-state index contributed by atoms with van der Waals surface area (Å²) in [5.74, 6) is 0. The van der Waals surface area contributed by atoms with E-state index in [0.717, 1.165) is 4.57 Å². The van der Waals surface area contributed by atoms with E-state index >= 15 is 0 Å². The van der Waals surface area contributed by atoms with Gasteiger partial charge >= 0.3 is 11.7 Å². The molecule has 0 saturated carbocycles. The fourth-order valence-corrected chi connectivity index (χ4v) is 1.49. The summed E-state index contributed by atoms with van der Waals surface area (Å²) in [5.41, 5.74) is 0.762. The lowest BCUT2D eigenvalue weighted by molar-refractivity contribution is 0.243. The van der Waals surface area contributed by atoms with Crippen molar-refractivity contribution >= 4 is 17.1 Å². The summed E-state index contributed by atoms with van der Waals surface area (Å²) in [6.07, 6.45) is 1.55. The van der Waals surface area contributed by atoms with E-state index in [1.807, 2.05) is 0 Å². The zero-order valence-electron chi connectivity index (χ0n) is 8.56. The van der Waals surface area contributed by atoms with Gasteiger partial charge in [-0.15, -0.1) is 6.58 Å². The van der Waals surface area contributed by atoms with Crippen LogP contribution in [0.5, 0.6) is 0 Å². The molecule has 5 heteroatoms. The highest BCUT2D eigenvalue weighted by Crippen LogP contribution is 2.07. The Morgan fingerprint density at radius 1 is 1.50 bits per heavy atom. The van der Waals surface area contributed by atoms with Crippen molar-refractivity contribution in [2.45, 2.75) is 0 Å². The van der Waals surface area contributed by atoms with Gasteiger partial charge in [0.05, 0.1) is 11.0 Å². The van der Waals surface area contributed by atoms with Gasteiger partial charge in [-0.25, -0.2) is 14.2 Å². The van der Waals surface area contributed by atoms with Gasteiger partial charge in [0.25, 0.3) is 0 Å². The topological polar surface area (TPSA) is 66.9 Å². The maximum atomic E-state index is 11.7. The number of para-hydroxylation sites is 2. The van der Waals surface area contributed by atoms with Crippen LogP contribution < -0.4 is 11.0 Å². The van der Waals surface area contributed by atoms with Gasteiger partial charge in [-0.3, -0.25) is 0 Å². The molecule has 1 heterocycles. The first-order valence-corrected chi connectivity index (χ1v) is 4.83. The zero-order valence-corrected chi connectivity index (χ0v) is 8.56. The highest BCUT2D eigenvalue weighted by Gasteiger charge is 2.11. The van der Waals surface area contributed by atoms with Crippen molar-refractivity contribution in [3.63, 3.8) is 0 Å². The summed E-state index contributed by atoms with van der Waals surface area (Å²) in [6.45, 7) is 3.81. The predicted octanol–water partition coefficient (Wildman–Crippen LogP) is 1.07. The Balaban J connectivity index is 2.51. The number of nitrogens with zero attached hydrogens (tertiary/aromatic N) is 1. The van der Waals surface area contributed by atoms with Gasteiger partial charge in [-0.1, -0.05) is 18.2 Å². The quantitative estimate of drug-likeness (QED) is 0.739. The predicted molar refractivity (Wildman–Crippen MR) is 61.6 cm³/mol. The minimum absolute atomic E-state index is 0.324. The summed E-state index contributed by atoms with van der Waals surface area (Å²) < 4.78 is 1.07. The lowest BCUT2D eigenvalue weighted by Gasteiger charge is -2.02. The minimum atomic E-state index is -0.456. The number of hydrogen-bond acceptors (Lipinski definition) is 2. The lowest BCUT2D eigenvalue weighted by Crippen LogP contribution is -2.34. The molecular formula is C11H11N3O2. The maximum absolute atomic E-state index is 11.7. The molecular weight excluding hydrogens is 206 g/mol. The van der Waals surface area contributed by atoms with E-state index in [-0.39, 0.29) is 0 Å². The van der Waals surface area contributed by atoms with Crippen LogP contribution in [0.25, 0.3) is 11.0 Å². The average molecular weight is 217 g/mol. The summed E-state index contributed by atoms with van der Waals surface area (Å²) in [6, 6.07) is 6.56. The van der Waals surface area contributed by atoms with E-state index in [0.29, 0.717) is 17.6 Å². The minimum Gasteiger partial charge on any atom is -0.334 e. The average Bonchev–Trinajstić information content (AvgIpc) is 2.62. The Hall–Kier alpha value is -2.30. The van der Waals surface area contributed by atoms with Gasteiger partial charge in [0.15, 0.2) is 0 Å². The van der Waals surface area contributed by atoms with E-state index in [1.165, 1.54) is 0 Å². The Morgan fingerprint density at radius 3 is 3.00 bits per heavy atom. The molecule has 2 N–H and O–H groups in total. The largest absolute Gasteiger partial charge is 0.334 e. The van der Waals surface area contributed by atoms with Crippen LogP contribution in [0.1, 0.15) is 0 Å². The molecule has 0 fully saturated rings. The fourth-order valence-electron chi connectivity index (χ4n) is 1.49. The van der Waals surface area contributed by atoms with Crippen molar-refractivity contribution < 1.29 is 4.79 Å². The standard InChI is InChI=1S/C11H11N3O2/c1-2-7-12-10(15)14-9-6-4-3-5-8(9)13-11(14)16/h2-6H,1,7H2,(H,12,15)(H,13,16). The molecule has 0 bridgehead atoms. The number of aromatic nitrogens is 2. The van der Waals surface area contributed by atoms with E-state index in [4.69, 9.17) is 0 Å². The fraction of sp³-hybridized carbons (Fsp3) is 0.0909. The Bertz CT molecular complexity index is 595. The Labute approximate surface area is 91.4 Å². The Kier molecular flexibility index (Phi) is 2.59. The van der Waals surface area contributed by atoms with Crippen molar-refractivity contribution in [3.05, 3.63) is 47.4 Å². The molecule has 0 atom stereocenters. The molecule has 1 aromatic heterocycles. The number of imidazole rings is 1. The second kappa shape index (κ2) is 4.06. The van der Waals surface area contributed by atoms with Crippen molar-refractivity contribution in [2.24, 2.45) is 0 Å². The first-order chi connectivity index (χ1) is 7.74. The molecule has 0 unspecified atom stereocenters. The number of benzene rings is 1. The SMILES string of the molecule is C=CCNC(=O)n1c(=O)[nH]c2ccccc21. The first-order valence-electron chi connectivity index (χ1n) is 4.83. The number of nitrogens with one attached hydrogen (secondary N) is 2. The number of aromatic amines is 1. The van der Waals surface area contributed by atoms with Crippen LogP contribution in [0.4, 0.5) is 4.79 Å². The third kappa shape index (κ3) is 1.63. The monoisotopic (exact) mass is 217 g/mol. The van der Waals surface area contributed by atoms with Gasteiger partial charge in [-0.2, -0.15) is 0 Å². The van der Waals surface area contributed by atoms with Crippen molar-refractivity contribution in [1.29, 1.82) is 0 Å². The summed E-state index contributed by atoms with van der Waals surface area (Å²) in [4.78, 5) is 25.9. The maximum Gasteiger partial charge on any atom is 0.334 e. The van der Waals surface area contributed by atoms with Crippen molar-refractivity contribution in [3.8, 4) is 0 Å². The van der Waals surface area contributed by atoms with Gasteiger partial charge < -0.3 is 10.3 Å². The summed E-state index contributed by atoms with van der Waals surface area (Å²) in [5, 5.41) is 2.55. The number of rotatable bonds is 2. The molecule has 0 aliphatic rings. The third-order valence-corrected chi connectivity index (χ3v) is 2.19. The van der Waals surface area contributed by atoms with Gasteiger partial charge in [0.1, 0.15) is 0 Å². The number of fused-ring (bicyclic) bond motifs is 1. The number of hydrogen-bond donors (Lipinski definition) is 2. The molecule has 0 spiro atoms. The number of H-pyrrole nitrogens is 1. The number of amides is 1. The number of carbonyl (C=O) groups excluding carboxylic acids is 1. The van der Waals surface area contributed by atoms with Crippen LogP contribution in [0.2, 0.25) is 0 Å². The van der Waals surface area contributed by atoms with Crippen molar-refractivity contribution in [2.75, 3.05) is 6.54 Å². The van der Waals surface area contributed by atoms with E-state index in [1.54, 1.807) is 30.3 Å². The lowest BCUT2D eigenvalue weighted by atomic mass is 10.3. The molecule has 1 amide bonds. The van der Waals surface area contributed by atoms with E-state index in [9.17, 15) is 9.59 Å². The van der Waals surface area contributed by atoms with Gasteiger partial charge in [0, 0.05) is 6.54 Å². The molecule has 2 rings (SSSR count). The molecule has 82 valence electrons. The smallest absolute Gasteiger partial charge is 0.334 e. The van der Waals surface area contributed by atoms with Crippen LogP contribution in [0, 0.1) is 0 Å². The van der Waals surface area contributed by atoms with Gasteiger partial charge in [0.2, 0.25) is 0 Å². The molecule has 2 aromatic rings. The molecule has 5 nitrogen and oxygen atoms in total. The molecule has 16 heavy (non-hydrogen) atoms. The molecule has 0 aliphatic carbocycles. The molecule has 0 aliphatic heterocycles. The molecule has 0 radical (unpaired) electrons. The summed E-state index contributed by atoms with van der Waals surface area (Å²) in [7, 11) is 0. The highest BCUT2D eigenvalue weighted by molar-refractivity contribution is 5.88. The van der Waals surface area contributed by atoms with Crippen LogP contribution in [0.3, 0.4) is 0 Å². The number of carbonyl (C=O) groups is 1. The molecule has 1 aromatic carbocycles. The van der Waals surface area contributed by atoms with Crippen LogP contribution >= 0.6 is 0 Å². The van der Waals surface area contributed by atoms with Crippen molar-refractivity contribution in [1.82, 2.24) is 14.9 Å². The highest BCUT2D eigenvalue weighted by atomic mass is 16.2. The zero-order chi connectivity index (χ0) is 11.5. The Morgan fingerprint density at radius 2 is 2.25 bits per heavy atom. The first kappa shape index (κ1) is 10.2. The van der Waals surface area contributed by atoms with E-state index < -0.39 is 11.7 Å². The van der Waals surface area contributed by atoms with Crippen LogP contribution in [-0.4, -0.2) is 22.1 Å².